The van der Waals surface area contributed by atoms with Crippen LogP contribution in [0.2, 0.25) is 5.02 Å². The third-order valence-electron chi connectivity index (χ3n) is 5.58. The molecule has 0 aliphatic carbocycles. The van der Waals surface area contributed by atoms with Crippen molar-refractivity contribution in [3.8, 4) is 5.69 Å². The molecule has 1 amide bonds. The number of piperazine rings is 1. The molecule has 0 saturated carbocycles. The van der Waals surface area contributed by atoms with Gasteiger partial charge in [-0.2, -0.15) is 5.10 Å². The quantitative estimate of drug-likeness (QED) is 0.772. The molecule has 2 heterocycles. The van der Waals surface area contributed by atoms with E-state index in [2.05, 4.69) is 20.8 Å². The summed E-state index contributed by atoms with van der Waals surface area (Å²) in [5.41, 5.74) is 3.56. The van der Waals surface area contributed by atoms with Crippen LogP contribution < -0.4 is 4.90 Å². The molecule has 1 aliphatic rings. The first-order chi connectivity index (χ1) is 13.6. The van der Waals surface area contributed by atoms with Crippen molar-refractivity contribution >= 4 is 17.5 Å². The number of benzene rings is 1. The molecular formula is C22H32ClN4O+. The third-order valence-corrected chi connectivity index (χ3v) is 5.90. The first kappa shape index (κ1) is 20.9. The van der Waals surface area contributed by atoms with E-state index >= 15 is 0 Å². The number of hydrogen-bond donors (Lipinski definition) is 1. The summed E-state index contributed by atoms with van der Waals surface area (Å²) in [4.78, 5) is 17.1. The van der Waals surface area contributed by atoms with Gasteiger partial charge in [-0.3, -0.25) is 4.79 Å². The van der Waals surface area contributed by atoms with Gasteiger partial charge in [0.05, 0.1) is 60.4 Å². The lowest BCUT2D eigenvalue weighted by Gasteiger charge is -2.31. The number of nitrogens with zero attached hydrogens (tertiary/aromatic N) is 3. The van der Waals surface area contributed by atoms with Gasteiger partial charge in [-0.05, 0) is 31.9 Å². The minimum Gasteiger partial charge on any atom is -0.332 e. The van der Waals surface area contributed by atoms with Crippen molar-refractivity contribution in [2.45, 2.75) is 46.5 Å². The number of amides is 1. The van der Waals surface area contributed by atoms with Crippen molar-refractivity contribution in [2.75, 3.05) is 32.7 Å². The van der Waals surface area contributed by atoms with Crippen LogP contribution in [0.25, 0.3) is 5.69 Å². The van der Waals surface area contributed by atoms with Gasteiger partial charge in [-0.15, -0.1) is 0 Å². The second-order valence-corrected chi connectivity index (χ2v) is 7.93. The van der Waals surface area contributed by atoms with E-state index in [1.165, 1.54) is 0 Å². The number of nitrogens with one attached hydrogen (secondary N) is 1. The molecule has 1 aromatic heterocycles. The Morgan fingerprint density at radius 2 is 1.79 bits per heavy atom. The molecule has 0 atom stereocenters. The SMILES string of the molecule is CCCc1nn(-c2ccccc2Cl)c(CCC)c1C(=O)N1CC[NH+](CC)CC1. The maximum absolute atomic E-state index is 13.5. The van der Waals surface area contributed by atoms with Crippen LogP contribution in [0.5, 0.6) is 0 Å². The number of halogens is 1. The lowest BCUT2D eigenvalue weighted by molar-refractivity contribution is -0.902. The fourth-order valence-corrected chi connectivity index (χ4v) is 4.21. The Balaban J connectivity index is 2.03. The van der Waals surface area contributed by atoms with Crippen LogP contribution in [0.1, 0.15) is 55.4 Å². The molecule has 1 aliphatic heterocycles. The van der Waals surface area contributed by atoms with E-state index in [0.717, 1.165) is 81.0 Å². The van der Waals surface area contributed by atoms with Crippen LogP contribution in [0.15, 0.2) is 24.3 Å². The summed E-state index contributed by atoms with van der Waals surface area (Å²) >= 11 is 6.47. The molecule has 0 unspecified atom stereocenters. The van der Waals surface area contributed by atoms with Gasteiger partial charge in [-0.1, -0.05) is 50.4 Å². The van der Waals surface area contributed by atoms with E-state index in [1.54, 1.807) is 4.90 Å². The topological polar surface area (TPSA) is 42.6 Å². The number of aromatic nitrogens is 2. The molecule has 28 heavy (non-hydrogen) atoms. The van der Waals surface area contributed by atoms with E-state index in [4.69, 9.17) is 16.7 Å². The number of hydrogen-bond acceptors (Lipinski definition) is 2. The summed E-state index contributed by atoms with van der Waals surface area (Å²) in [5.74, 6) is 0.139. The maximum atomic E-state index is 13.5. The van der Waals surface area contributed by atoms with E-state index in [1.807, 2.05) is 33.8 Å². The number of carbonyl (C=O) groups is 1. The van der Waals surface area contributed by atoms with Crippen molar-refractivity contribution in [3.05, 3.63) is 46.2 Å². The highest BCUT2D eigenvalue weighted by Crippen LogP contribution is 2.27. The van der Waals surface area contributed by atoms with Gasteiger partial charge in [0.2, 0.25) is 0 Å². The second-order valence-electron chi connectivity index (χ2n) is 7.53. The zero-order chi connectivity index (χ0) is 20.1. The molecule has 1 saturated heterocycles. The first-order valence-electron chi connectivity index (χ1n) is 10.6. The van der Waals surface area contributed by atoms with E-state index in [0.29, 0.717) is 5.02 Å². The molecule has 6 heteroatoms. The van der Waals surface area contributed by atoms with Crippen molar-refractivity contribution in [1.82, 2.24) is 14.7 Å². The van der Waals surface area contributed by atoms with Crippen molar-refractivity contribution in [2.24, 2.45) is 0 Å². The lowest BCUT2D eigenvalue weighted by atomic mass is 10.0. The standard InChI is InChI=1S/C22H31ClN4O/c1-4-9-18-21(22(28)26-15-13-25(6-3)14-16-26)20(10-5-2)27(24-18)19-12-8-7-11-17(19)23/h7-8,11-12H,4-6,9-10,13-16H2,1-3H3/p+1. The fraction of sp³-hybridized carbons (Fsp3) is 0.545. The summed E-state index contributed by atoms with van der Waals surface area (Å²) in [6, 6.07) is 7.74. The summed E-state index contributed by atoms with van der Waals surface area (Å²) in [7, 11) is 0. The Bertz CT molecular complexity index is 809. The number of para-hydroxylation sites is 1. The predicted octanol–water partition coefficient (Wildman–Crippen LogP) is 2.79. The molecule has 5 nitrogen and oxygen atoms in total. The predicted molar refractivity (Wildman–Crippen MR) is 114 cm³/mol. The van der Waals surface area contributed by atoms with Crippen molar-refractivity contribution < 1.29 is 9.69 Å². The van der Waals surface area contributed by atoms with Crippen LogP contribution >= 0.6 is 11.6 Å². The largest absolute Gasteiger partial charge is 0.332 e. The van der Waals surface area contributed by atoms with Crippen molar-refractivity contribution in [3.63, 3.8) is 0 Å². The number of rotatable bonds is 7. The monoisotopic (exact) mass is 403 g/mol. The van der Waals surface area contributed by atoms with Crippen LogP contribution in [0.4, 0.5) is 0 Å². The van der Waals surface area contributed by atoms with Gasteiger partial charge < -0.3 is 9.80 Å². The lowest BCUT2D eigenvalue weighted by Crippen LogP contribution is -3.14. The Morgan fingerprint density at radius 1 is 1.11 bits per heavy atom. The van der Waals surface area contributed by atoms with Crippen LogP contribution in [0.3, 0.4) is 0 Å². The first-order valence-corrected chi connectivity index (χ1v) is 11.0. The van der Waals surface area contributed by atoms with Gasteiger partial charge >= 0.3 is 0 Å². The minimum atomic E-state index is 0.139. The zero-order valence-corrected chi connectivity index (χ0v) is 18.1. The highest BCUT2D eigenvalue weighted by Gasteiger charge is 2.30. The molecule has 152 valence electrons. The molecule has 1 aromatic carbocycles. The summed E-state index contributed by atoms with van der Waals surface area (Å²) in [6.45, 7) is 11.3. The second kappa shape index (κ2) is 9.57. The average molecular weight is 404 g/mol. The molecule has 0 spiro atoms. The number of quaternary nitrogens is 1. The molecule has 2 aromatic rings. The molecule has 0 bridgehead atoms. The Kier molecular flexibility index (Phi) is 7.13. The summed E-state index contributed by atoms with van der Waals surface area (Å²) < 4.78 is 1.91. The Hall–Kier alpha value is -1.85. The zero-order valence-electron chi connectivity index (χ0n) is 17.3. The normalized spacial score (nSPS) is 15.2. The van der Waals surface area contributed by atoms with E-state index in [9.17, 15) is 4.79 Å². The van der Waals surface area contributed by atoms with Gasteiger partial charge in [0.25, 0.3) is 5.91 Å². The highest BCUT2D eigenvalue weighted by molar-refractivity contribution is 6.32. The molecule has 1 N–H and O–H groups in total. The highest BCUT2D eigenvalue weighted by atomic mass is 35.5. The summed E-state index contributed by atoms with van der Waals surface area (Å²) in [5, 5.41) is 5.53. The van der Waals surface area contributed by atoms with E-state index in [-0.39, 0.29) is 5.91 Å². The molecule has 0 radical (unpaired) electrons. The smallest absolute Gasteiger partial charge is 0.258 e. The van der Waals surface area contributed by atoms with Gasteiger partial charge in [0.1, 0.15) is 0 Å². The Morgan fingerprint density at radius 3 is 2.39 bits per heavy atom. The number of carbonyl (C=O) groups excluding carboxylic acids is 1. The average Bonchev–Trinajstić information content (AvgIpc) is 3.06. The van der Waals surface area contributed by atoms with Crippen LogP contribution in [0, 0.1) is 0 Å². The van der Waals surface area contributed by atoms with E-state index < -0.39 is 0 Å². The fourth-order valence-electron chi connectivity index (χ4n) is 3.99. The van der Waals surface area contributed by atoms with Gasteiger partial charge in [-0.25, -0.2) is 4.68 Å². The van der Waals surface area contributed by atoms with Gasteiger partial charge in [0, 0.05) is 0 Å². The number of aryl methyl sites for hydroxylation is 1. The summed E-state index contributed by atoms with van der Waals surface area (Å²) in [6.07, 6.45) is 3.52. The minimum absolute atomic E-state index is 0.139. The molecule has 3 rings (SSSR count). The third kappa shape index (κ3) is 4.26. The molecular weight excluding hydrogens is 372 g/mol. The van der Waals surface area contributed by atoms with Gasteiger partial charge in [0.15, 0.2) is 0 Å². The van der Waals surface area contributed by atoms with Crippen LogP contribution in [-0.4, -0.2) is 53.3 Å². The van der Waals surface area contributed by atoms with Crippen LogP contribution in [-0.2, 0) is 12.8 Å². The number of likely N-dealkylation sites (N-methyl/N-ethyl adjacent to an activating group) is 1. The Labute approximate surface area is 173 Å². The maximum Gasteiger partial charge on any atom is 0.258 e. The molecule has 1 fully saturated rings. The van der Waals surface area contributed by atoms with Crippen molar-refractivity contribution in [1.29, 1.82) is 0 Å².